The Hall–Kier alpha value is -2.38. The lowest BCUT2D eigenvalue weighted by molar-refractivity contribution is 0.0846. The molecule has 2 aromatic carbocycles. The van der Waals surface area contributed by atoms with Crippen molar-refractivity contribution in [2.75, 3.05) is 20.3 Å². The molecule has 2 N–H and O–H groups in total. The van der Waals surface area contributed by atoms with Gasteiger partial charge in [-0.05, 0) is 48.9 Å². The second-order valence-electron chi connectivity index (χ2n) is 5.24. The first kappa shape index (κ1) is 19.0. The molecule has 0 saturated carbocycles. The van der Waals surface area contributed by atoms with Crippen LogP contribution in [0.3, 0.4) is 0 Å². The molecule has 2 aromatic rings. The van der Waals surface area contributed by atoms with Gasteiger partial charge >= 0.3 is 0 Å². The minimum atomic E-state index is -0.414. The van der Waals surface area contributed by atoms with E-state index in [1.165, 1.54) is 0 Å². The minimum Gasteiger partial charge on any atom is -0.491 e. The third-order valence-corrected chi connectivity index (χ3v) is 4.25. The standard InChI is InChI=1S/C18H19BrN2O4/c1-12-3-4-14(11-16(12)19)18(23)21-20-17(22)13-5-7-15(8-6-13)25-10-9-24-2/h3-8,11H,9-10H2,1-2H3,(H,20,22)(H,21,23). The lowest BCUT2D eigenvalue weighted by atomic mass is 10.1. The van der Waals surface area contributed by atoms with Crippen LogP contribution in [0.2, 0.25) is 0 Å². The predicted molar refractivity (Wildman–Crippen MR) is 97.6 cm³/mol. The molecule has 132 valence electrons. The van der Waals surface area contributed by atoms with Crippen LogP contribution in [0.25, 0.3) is 0 Å². The van der Waals surface area contributed by atoms with Gasteiger partial charge in [0.1, 0.15) is 12.4 Å². The van der Waals surface area contributed by atoms with E-state index in [1.807, 2.05) is 13.0 Å². The van der Waals surface area contributed by atoms with Gasteiger partial charge < -0.3 is 9.47 Å². The van der Waals surface area contributed by atoms with Gasteiger partial charge in [0, 0.05) is 22.7 Å². The van der Waals surface area contributed by atoms with Crippen LogP contribution in [0.5, 0.6) is 5.75 Å². The quantitative estimate of drug-likeness (QED) is 0.571. The number of aryl methyl sites for hydroxylation is 1. The van der Waals surface area contributed by atoms with E-state index in [0.717, 1.165) is 10.0 Å². The van der Waals surface area contributed by atoms with Crippen LogP contribution < -0.4 is 15.6 Å². The summed E-state index contributed by atoms with van der Waals surface area (Å²) in [6, 6.07) is 11.8. The molecule has 25 heavy (non-hydrogen) atoms. The van der Waals surface area contributed by atoms with Crippen LogP contribution in [0.4, 0.5) is 0 Å². The molecule has 7 heteroatoms. The first-order valence-corrected chi connectivity index (χ1v) is 8.39. The summed E-state index contributed by atoms with van der Waals surface area (Å²) in [5.74, 6) is -0.168. The number of methoxy groups -OCH3 is 1. The van der Waals surface area contributed by atoms with Gasteiger partial charge in [-0.25, -0.2) is 0 Å². The van der Waals surface area contributed by atoms with E-state index in [0.29, 0.717) is 30.1 Å². The number of amides is 2. The van der Waals surface area contributed by atoms with E-state index in [2.05, 4.69) is 26.8 Å². The van der Waals surface area contributed by atoms with Crippen LogP contribution >= 0.6 is 15.9 Å². The van der Waals surface area contributed by atoms with Gasteiger partial charge in [-0.15, -0.1) is 0 Å². The Morgan fingerprint density at radius 3 is 2.16 bits per heavy atom. The monoisotopic (exact) mass is 406 g/mol. The summed E-state index contributed by atoms with van der Waals surface area (Å²) in [6.07, 6.45) is 0. The fourth-order valence-corrected chi connectivity index (χ4v) is 2.32. The number of hydrogen-bond donors (Lipinski definition) is 2. The van der Waals surface area contributed by atoms with Crippen molar-refractivity contribution in [2.45, 2.75) is 6.92 Å². The zero-order valence-electron chi connectivity index (χ0n) is 14.0. The molecule has 0 aliphatic heterocycles. The highest BCUT2D eigenvalue weighted by Gasteiger charge is 2.10. The fourth-order valence-electron chi connectivity index (χ4n) is 1.94. The number of carbonyl (C=O) groups is 2. The van der Waals surface area contributed by atoms with Crippen molar-refractivity contribution in [3.63, 3.8) is 0 Å². The van der Waals surface area contributed by atoms with Gasteiger partial charge in [-0.3, -0.25) is 20.4 Å². The fraction of sp³-hybridized carbons (Fsp3) is 0.222. The second-order valence-corrected chi connectivity index (χ2v) is 6.09. The first-order chi connectivity index (χ1) is 12.0. The smallest absolute Gasteiger partial charge is 0.269 e. The van der Waals surface area contributed by atoms with E-state index in [9.17, 15) is 9.59 Å². The number of halogens is 1. The molecular weight excluding hydrogens is 388 g/mol. The predicted octanol–water partition coefficient (Wildman–Crippen LogP) is 2.86. The van der Waals surface area contributed by atoms with E-state index in [-0.39, 0.29) is 0 Å². The summed E-state index contributed by atoms with van der Waals surface area (Å²) in [7, 11) is 1.60. The molecule has 0 heterocycles. The average molecular weight is 407 g/mol. The van der Waals surface area contributed by atoms with Crippen molar-refractivity contribution in [2.24, 2.45) is 0 Å². The molecular formula is C18H19BrN2O4. The Morgan fingerprint density at radius 2 is 1.56 bits per heavy atom. The Bertz CT molecular complexity index is 747. The Labute approximate surface area is 154 Å². The molecule has 2 amide bonds. The highest BCUT2D eigenvalue weighted by molar-refractivity contribution is 9.10. The summed E-state index contributed by atoms with van der Waals surface area (Å²) in [6.45, 7) is 2.85. The van der Waals surface area contributed by atoms with Crippen LogP contribution in [0, 0.1) is 6.92 Å². The molecule has 0 aromatic heterocycles. The topological polar surface area (TPSA) is 76.7 Å². The third kappa shape index (κ3) is 5.58. The van der Waals surface area contributed by atoms with Gasteiger partial charge in [-0.2, -0.15) is 0 Å². The molecule has 0 radical (unpaired) electrons. The number of rotatable bonds is 6. The zero-order chi connectivity index (χ0) is 18.2. The molecule has 0 saturated heterocycles. The highest BCUT2D eigenvalue weighted by atomic mass is 79.9. The van der Waals surface area contributed by atoms with Gasteiger partial charge in [0.25, 0.3) is 11.8 Å². The van der Waals surface area contributed by atoms with E-state index in [1.54, 1.807) is 43.5 Å². The van der Waals surface area contributed by atoms with Crippen molar-refractivity contribution < 1.29 is 19.1 Å². The summed E-state index contributed by atoms with van der Waals surface area (Å²) < 4.78 is 11.2. The molecule has 6 nitrogen and oxygen atoms in total. The van der Waals surface area contributed by atoms with E-state index < -0.39 is 11.8 Å². The van der Waals surface area contributed by atoms with Crippen LogP contribution in [0.15, 0.2) is 46.9 Å². The molecule has 2 rings (SSSR count). The number of hydrazine groups is 1. The Morgan fingerprint density at radius 1 is 0.960 bits per heavy atom. The maximum atomic E-state index is 12.1. The Balaban J connectivity index is 1.88. The van der Waals surface area contributed by atoms with Crippen LogP contribution in [-0.4, -0.2) is 32.1 Å². The molecule has 0 fully saturated rings. The summed E-state index contributed by atoms with van der Waals surface area (Å²) in [5, 5.41) is 0. The summed E-state index contributed by atoms with van der Waals surface area (Å²) in [5.41, 5.74) is 6.65. The number of carbonyl (C=O) groups excluding carboxylic acids is 2. The van der Waals surface area contributed by atoms with Crippen LogP contribution in [0.1, 0.15) is 26.3 Å². The lowest BCUT2D eigenvalue weighted by Crippen LogP contribution is -2.41. The number of nitrogens with one attached hydrogen (secondary N) is 2. The number of hydrogen-bond acceptors (Lipinski definition) is 4. The maximum absolute atomic E-state index is 12.1. The van der Waals surface area contributed by atoms with Gasteiger partial charge in [0.05, 0.1) is 6.61 Å². The average Bonchev–Trinajstić information content (AvgIpc) is 2.62. The van der Waals surface area contributed by atoms with Gasteiger partial charge in [-0.1, -0.05) is 22.0 Å². The van der Waals surface area contributed by atoms with Crippen molar-refractivity contribution in [1.29, 1.82) is 0 Å². The largest absolute Gasteiger partial charge is 0.491 e. The number of ether oxygens (including phenoxy) is 2. The zero-order valence-corrected chi connectivity index (χ0v) is 15.6. The minimum absolute atomic E-state index is 0.395. The molecule has 0 unspecified atom stereocenters. The molecule has 0 aliphatic carbocycles. The van der Waals surface area contributed by atoms with Crippen molar-refractivity contribution >= 4 is 27.7 Å². The van der Waals surface area contributed by atoms with Crippen molar-refractivity contribution in [1.82, 2.24) is 10.9 Å². The normalized spacial score (nSPS) is 10.2. The highest BCUT2D eigenvalue weighted by Crippen LogP contribution is 2.17. The molecule has 0 aliphatic rings. The SMILES string of the molecule is COCCOc1ccc(C(=O)NNC(=O)c2ccc(C)c(Br)c2)cc1. The van der Waals surface area contributed by atoms with E-state index in [4.69, 9.17) is 9.47 Å². The van der Waals surface area contributed by atoms with Gasteiger partial charge in [0.2, 0.25) is 0 Å². The summed E-state index contributed by atoms with van der Waals surface area (Å²) in [4.78, 5) is 24.1. The van der Waals surface area contributed by atoms with Crippen LogP contribution in [-0.2, 0) is 4.74 Å². The lowest BCUT2D eigenvalue weighted by Gasteiger charge is -2.09. The molecule has 0 spiro atoms. The Kier molecular flexibility index (Phi) is 6.97. The first-order valence-electron chi connectivity index (χ1n) is 7.60. The molecule has 0 atom stereocenters. The van der Waals surface area contributed by atoms with Crippen molar-refractivity contribution in [3.05, 3.63) is 63.6 Å². The van der Waals surface area contributed by atoms with Gasteiger partial charge in [0.15, 0.2) is 0 Å². The second kappa shape index (κ2) is 9.19. The molecule has 0 bridgehead atoms. The van der Waals surface area contributed by atoms with E-state index >= 15 is 0 Å². The number of benzene rings is 2. The summed E-state index contributed by atoms with van der Waals surface area (Å²) >= 11 is 3.37. The third-order valence-electron chi connectivity index (χ3n) is 3.40. The van der Waals surface area contributed by atoms with Crippen molar-refractivity contribution in [3.8, 4) is 5.75 Å². The maximum Gasteiger partial charge on any atom is 0.269 e.